The SMILES string of the molecule is CC1(C)OC(=O)C(Oc2coc3ccsc23)=C1c1ccc(S(C)(=O)=O)cc1. The second-order valence-corrected chi connectivity index (χ2v) is 9.65. The number of sulfone groups is 1. The summed E-state index contributed by atoms with van der Waals surface area (Å²) in [7, 11) is -3.31. The molecule has 0 bridgehead atoms. The Balaban J connectivity index is 1.82. The van der Waals surface area contributed by atoms with Gasteiger partial charge < -0.3 is 13.9 Å². The zero-order valence-electron chi connectivity index (χ0n) is 14.8. The van der Waals surface area contributed by atoms with E-state index in [0.29, 0.717) is 22.5 Å². The van der Waals surface area contributed by atoms with Gasteiger partial charge in [0.25, 0.3) is 0 Å². The number of thiophene rings is 1. The number of carbonyl (C=O) groups is 1. The highest BCUT2D eigenvalue weighted by Gasteiger charge is 2.43. The molecule has 3 aromatic rings. The highest BCUT2D eigenvalue weighted by atomic mass is 32.2. The van der Waals surface area contributed by atoms with E-state index < -0.39 is 21.4 Å². The van der Waals surface area contributed by atoms with Crippen LogP contribution in [0.1, 0.15) is 19.4 Å². The first-order valence-electron chi connectivity index (χ1n) is 8.08. The molecule has 0 fully saturated rings. The van der Waals surface area contributed by atoms with Crippen molar-refractivity contribution in [1.29, 1.82) is 0 Å². The number of furan rings is 1. The second kappa shape index (κ2) is 5.97. The number of ether oxygens (including phenoxy) is 2. The summed E-state index contributed by atoms with van der Waals surface area (Å²) in [5.74, 6) is -0.0637. The van der Waals surface area contributed by atoms with E-state index in [1.165, 1.54) is 29.7 Å². The lowest BCUT2D eigenvalue weighted by molar-refractivity contribution is -0.145. The van der Waals surface area contributed by atoms with Gasteiger partial charge in [-0.3, -0.25) is 0 Å². The molecule has 4 rings (SSSR count). The van der Waals surface area contributed by atoms with Crippen molar-refractivity contribution in [3.63, 3.8) is 0 Å². The van der Waals surface area contributed by atoms with Gasteiger partial charge in [-0.25, -0.2) is 13.2 Å². The summed E-state index contributed by atoms with van der Waals surface area (Å²) in [4.78, 5) is 12.7. The molecule has 3 heterocycles. The first-order valence-corrected chi connectivity index (χ1v) is 10.8. The number of cyclic esters (lactones) is 1. The van der Waals surface area contributed by atoms with Gasteiger partial charge in [-0.15, -0.1) is 11.3 Å². The van der Waals surface area contributed by atoms with Gasteiger partial charge in [0.1, 0.15) is 22.1 Å². The highest BCUT2D eigenvalue weighted by Crippen LogP contribution is 2.42. The van der Waals surface area contributed by atoms with Gasteiger partial charge in [0.15, 0.2) is 15.6 Å². The second-order valence-electron chi connectivity index (χ2n) is 6.72. The molecule has 0 saturated heterocycles. The van der Waals surface area contributed by atoms with Crippen molar-refractivity contribution in [3.8, 4) is 5.75 Å². The van der Waals surface area contributed by atoms with Crippen molar-refractivity contribution in [3.05, 3.63) is 53.3 Å². The lowest BCUT2D eigenvalue weighted by Gasteiger charge is -2.21. The Labute approximate surface area is 159 Å². The van der Waals surface area contributed by atoms with Crippen LogP contribution >= 0.6 is 11.3 Å². The first-order chi connectivity index (χ1) is 12.7. The molecule has 0 amide bonds. The molecule has 0 atom stereocenters. The van der Waals surface area contributed by atoms with Gasteiger partial charge in [-0.2, -0.15) is 0 Å². The average Bonchev–Trinajstić information content (AvgIpc) is 3.22. The zero-order chi connectivity index (χ0) is 19.4. The van der Waals surface area contributed by atoms with Crippen LogP contribution in [0.3, 0.4) is 0 Å². The Kier molecular flexibility index (Phi) is 3.94. The molecule has 0 unspecified atom stereocenters. The predicted molar refractivity (Wildman–Crippen MR) is 101 cm³/mol. The molecular formula is C19H16O6S2. The number of benzene rings is 1. The molecule has 0 spiro atoms. The maximum absolute atomic E-state index is 12.5. The molecule has 140 valence electrons. The minimum absolute atomic E-state index is 0.0724. The van der Waals surface area contributed by atoms with Crippen molar-refractivity contribution in [1.82, 2.24) is 0 Å². The lowest BCUT2D eigenvalue weighted by atomic mass is 9.92. The Hall–Kier alpha value is -2.58. The predicted octanol–water partition coefficient (Wildman–Crippen LogP) is 4.02. The topological polar surface area (TPSA) is 82.8 Å². The van der Waals surface area contributed by atoms with Gasteiger partial charge in [-0.1, -0.05) is 12.1 Å². The molecule has 27 heavy (non-hydrogen) atoms. The Morgan fingerprint density at radius 3 is 2.48 bits per heavy atom. The van der Waals surface area contributed by atoms with E-state index >= 15 is 0 Å². The fourth-order valence-corrected chi connectivity index (χ4v) is 4.46. The third kappa shape index (κ3) is 3.04. The van der Waals surface area contributed by atoms with Crippen molar-refractivity contribution in [2.75, 3.05) is 6.26 Å². The third-order valence-electron chi connectivity index (χ3n) is 4.29. The minimum atomic E-state index is -3.31. The molecular weight excluding hydrogens is 388 g/mol. The smallest absolute Gasteiger partial charge is 0.375 e. The van der Waals surface area contributed by atoms with Crippen LogP contribution in [-0.2, 0) is 19.4 Å². The maximum Gasteiger partial charge on any atom is 0.375 e. The van der Waals surface area contributed by atoms with Crippen LogP contribution < -0.4 is 4.74 Å². The summed E-state index contributed by atoms with van der Waals surface area (Å²) in [5, 5.41) is 1.87. The molecule has 6 nitrogen and oxygen atoms in total. The summed E-state index contributed by atoms with van der Waals surface area (Å²) in [6, 6.07) is 8.12. The van der Waals surface area contributed by atoms with E-state index in [1.807, 2.05) is 11.4 Å². The fourth-order valence-electron chi connectivity index (χ4n) is 3.07. The van der Waals surface area contributed by atoms with Crippen LogP contribution in [0.25, 0.3) is 15.9 Å². The molecule has 0 radical (unpaired) electrons. The first kappa shape index (κ1) is 17.8. The van der Waals surface area contributed by atoms with Crippen LogP contribution in [-0.4, -0.2) is 26.2 Å². The largest absolute Gasteiger partial charge is 0.459 e. The summed E-state index contributed by atoms with van der Waals surface area (Å²) in [6.07, 6.45) is 2.60. The van der Waals surface area contributed by atoms with E-state index in [4.69, 9.17) is 13.9 Å². The van der Waals surface area contributed by atoms with E-state index in [-0.39, 0.29) is 10.7 Å². The van der Waals surface area contributed by atoms with Gasteiger partial charge >= 0.3 is 5.97 Å². The van der Waals surface area contributed by atoms with Crippen LogP contribution in [0.15, 0.2) is 57.0 Å². The standard InChI is InChI=1S/C19H16O6S2/c1-19(2)15(11-4-6-12(7-5-11)27(3,21)22)16(18(20)25-19)24-14-10-23-13-8-9-26-17(13)14/h4-10H,1-3H3. The molecule has 1 aromatic carbocycles. The van der Waals surface area contributed by atoms with Crippen LogP contribution in [0.2, 0.25) is 0 Å². The van der Waals surface area contributed by atoms with Crippen LogP contribution in [0.4, 0.5) is 0 Å². The third-order valence-corrected chi connectivity index (χ3v) is 6.33. The molecule has 0 saturated carbocycles. The summed E-state index contributed by atoms with van der Waals surface area (Å²) in [6.45, 7) is 3.52. The molecule has 1 aliphatic rings. The van der Waals surface area contributed by atoms with E-state index in [9.17, 15) is 13.2 Å². The van der Waals surface area contributed by atoms with Crippen LogP contribution in [0.5, 0.6) is 5.75 Å². The maximum atomic E-state index is 12.5. The van der Waals surface area contributed by atoms with Gasteiger partial charge in [0.2, 0.25) is 5.76 Å². The highest BCUT2D eigenvalue weighted by molar-refractivity contribution is 7.90. The number of esters is 1. The van der Waals surface area contributed by atoms with E-state index in [1.54, 1.807) is 26.0 Å². The monoisotopic (exact) mass is 404 g/mol. The quantitative estimate of drug-likeness (QED) is 0.611. The summed E-state index contributed by atoms with van der Waals surface area (Å²) >= 11 is 1.45. The summed E-state index contributed by atoms with van der Waals surface area (Å²) in [5.41, 5.74) is 0.968. The van der Waals surface area contributed by atoms with Crippen molar-refractivity contribution < 1.29 is 27.1 Å². The number of hydrogen-bond donors (Lipinski definition) is 0. The number of carbonyl (C=O) groups excluding carboxylic acids is 1. The average molecular weight is 404 g/mol. The molecule has 0 N–H and O–H groups in total. The van der Waals surface area contributed by atoms with Crippen molar-refractivity contribution >= 4 is 43.0 Å². The van der Waals surface area contributed by atoms with Crippen molar-refractivity contribution in [2.45, 2.75) is 24.3 Å². The van der Waals surface area contributed by atoms with Gasteiger partial charge in [0, 0.05) is 6.26 Å². The molecule has 1 aliphatic heterocycles. The number of fused-ring (bicyclic) bond motifs is 1. The van der Waals surface area contributed by atoms with E-state index in [2.05, 4.69) is 0 Å². The van der Waals surface area contributed by atoms with Crippen molar-refractivity contribution in [2.24, 2.45) is 0 Å². The molecule has 2 aromatic heterocycles. The number of hydrogen-bond acceptors (Lipinski definition) is 7. The normalized spacial score (nSPS) is 16.8. The summed E-state index contributed by atoms with van der Waals surface area (Å²) < 4.78 is 41.0. The van der Waals surface area contributed by atoms with Gasteiger partial charge in [0.05, 0.1) is 10.5 Å². The Morgan fingerprint density at radius 1 is 1.11 bits per heavy atom. The fraction of sp³-hybridized carbons (Fsp3) is 0.211. The minimum Gasteiger partial charge on any atom is -0.459 e. The number of rotatable bonds is 4. The zero-order valence-corrected chi connectivity index (χ0v) is 16.4. The molecule has 0 aliphatic carbocycles. The molecule has 8 heteroatoms. The Morgan fingerprint density at radius 2 is 1.81 bits per heavy atom. The van der Waals surface area contributed by atoms with Gasteiger partial charge in [-0.05, 0) is 43.0 Å². The Bertz CT molecular complexity index is 1180. The van der Waals surface area contributed by atoms with E-state index in [0.717, 1.165) is 11.0 Å². The lowest BCUT2D eigenvalue weighted by Crippen LogP contribution is -2.22. The van der Waals surface area contributed by atoms with Crippen LogP contribution in [0, 0.1) is 0 Å².